The van der Waals surface area contributed by atoms with Gasteiger partial charge in [0.1, 0.15) is 4.90 Å². The fraction of sp³-hybridized carbons (Fsp3) is 0.667. The van der Waals surface area contributed by atoms with E-state index < -0.39 is 10.0 Å². The number of sulfonamides is 1. The Morgan fingerprint density at radius 3 is 2.67 bits per heavy atom. The molecule has 0 aromatic carbocycles. The van der Waals surface area contributed by atoms with Gasteiger partial charge in [0, 0.05) is 13.1 Å². The molecule has 4 nitrogen and oxygen atoms in total. The standard InChI is InChI=1S/C12H19NO3S2/c1-8-7-17-11(6-14)12(8)18(15,16)13(3)9(2)10-4-5-10/h7,9-10,14H,4-6H2,1-3H3. The van der Waals surface area contributed by atoms with Crippen LogP contribution in [0.5, 0.6) is 0 Å². The van der Waals surface area contributed by atoms with Crippen molar-refractivity contribution in [3.63, 3.8) is 0 Å². The van der Waals surface area contributed by atoms with Crippen molar-refractivity contribution in [1.29, 1.82) is 0 Å². The molecule has 1 heterocycles. The van der Waals surface area contributed by atoms with Crippen molar-refractivity contribution in [1.82, 2.24) is 4.31 Å². The molecular weight excluding hydrogens is 270 g/mol. The van der Waals surface area contributed by atoms with E-state index >= 15 is 0 Å². The van der Waals surface area contributed by atoms with Gasteiger partial charge in [-0.1, -0.05) is 0 Å². The van der Waals surface area contributed by atoms with Crippen molar-refractivity contribution >= 4 is 21.4 Å². The number of aliphatic hydroxyl groups is 1. The van der Waals surface area contributed by atoms with Crippen LogP contribution >= 0.6 is 11.3 Å². The average Bonchev–Trinajstić information content (AvgIpc) is 3.10. The van der Waals surface area contributed by atoms with Crippen LogP contribution in [0.15, 0.2) is 10.3 Å². The summed E-state index contributed by atoms with van der Waals surface area (Å²) >= 11 is 1.30. The lowest BCUT2D eigenvalue weighted by Crippen LogP contribution is -2.36. The van der Waals surface area contributed by atoms with E-state index in [-0.39, 0.29) is 12.6 Å². The SMILES string of the molecule is Cc1csc(CO)c1S(=O)(=O)N(C)C(C)C1CC1. The molecular formula is C12H19NO3S2. The molecule has 18 heavy (non-hydrogen) atoms. The molecule has 2 rings (SSSR count). The minimum Gasteiger partial charge on any atom is -0.391 e. The van der Waals surface area contributed by atoms with Crippen molar-refractivity contribution in [3.05, 3.63) is 15.8 Å². The van der Waals surface area contributed by atoms with Gasteiger partial charge >= 0.3 is 0 Å². The average molecular weight is 289 g/mol. The van der Waals surface area contributed by atoms with Gasteiger partial charge in [-0.15, -0.1) is 11.3 Å². The molecule has 1 atom stereocenters. The van der Waals surface area contributed by atoms with Gasteiger partial charge in [-0.2, -0.15) is 4.31 Å². The molecule has 6 heteroatoms. The van der Waals surface area contributed by atoms with E-state index in [2.05, 4.69) is 0 Å². The van der Waals surface area contributed by atoms with Crippen LogP contribution in [0.25, 0.3) is 0 Å². The van der Waals surface area contributed by atoms with Crippen LogP contribution in [0.4, 0.5) is 0 Å². The molecule has 0 bridgehead atoms. The second-order valence-corrected chi connectivity index (χ2v) is 7.83. The molecule has 1 aliphatic rings. The smallest absolute Gasteiger partial charge is 0.244 e. The zero-order valence-electron chi connectivity index (χ0n) is 10.9. The Bertz CT molecular complexity index is 532. The lowest BCUT2D eigenvalue weighted by atomic mass is 10.2. The molecule has 1 aliphatic carbocycles. The van der Waals surface area contributed by atoms with Gasteiger partial charge < -0.3 is 5.11 Å². The van der Waals surface area contributed by atoms with Gasteiger partial charge in [-0.25, -0.2) is 8.42 Å². The van der Waals surface area contributed by atoms with Crippen LogP contribution in [0.2, 0.25) is 0 Å². The van der Waals surface area contributed by atoms with Crippen molar-refractivity contribution in [2.75, 3.05) is 7.05 Å². The van der Waals surface area contributed by atoms with Crippen LogP contribution in [-0.4, -0.2) is 30.9 Å². The van der Waals surface area contributed by atoms with Crippen molar-refractivity contribution in [2.24, 2.45) is 5.92 Å². The van der Waals surface area contributed by atoms with Gasteiger partial charge in [-0.3, -0.25) is 0 Å². The van der Waals surface area contributed by atoms with Gasteiger partial charge in [0.05, 0.1) is 11.5 Å². The van der Waals surface area contributed by atoms with Crippen LogP contribution in [0, 0.1) is 12.8 Å². The predicted molar refractivity (Wildman–Crippen MR) is 72.1 cm³/mol. The first-order chi connectivity index (χ1) is 8.39. The first-order valence-corrected chi connectivity index (χ1v) is 8.37. The maximum atomic E-state index is 12.6. The molecule has 0 aliphatic heterocycles. The van der Waals surface area contributed by atoms with E-state index in [0.29, 0.717) is 15.7 Å². The highest BCUT2D eigenvalue weighted by atomic mass is 32.2. The molecule has 0 spiro atoms. The molecule has 0 radical (unpaired) electrons. The summed E-state index contributed by atoms with van der Waals surface area (Å²) in [5.74, 6) is 0.487. The van der Waals surface area contributed by atoms with Crippen molar-refractivity contribution in [2.45, 2.75) is 44.2 Å². The van der Waals surface area contributed by atoms with E-state index in [4.69, 9.17) is 0 Å². The second kappa shape index (κ2) is 4.92. The fourth-order valence-corrected chi connectivity index (χ4v) is 5.21. The largest absolute Gasteiger partial charge is 0.391 e. The Kier molecular flexibility index (Phi) is 3.82. The number of nitrogens with zero attached hydrogens (tertiary/aromatic N) is 1. The molecule has 1 aromatic rings. The number of hydrogen-bond acceptors (Lipinski definition) is 4. The summed E-state index contributed by atoms with van der Waals surface area (Å²) in [7, 11) is -1.85. The topological polar surface area (TPSA) is 57.6 Å². The third kappa shape index (κ3) is 2.34. The normalized spacial score (nSPS) is 18.3. The third-order valence-corrected chi connectivity index (χ3v) is 7.04. The third-order valence-electron chi connectivity index (χ3n) is 3.65. The minimum absolute atomic E-state index is 0.0286. The lowest BCUT2D eigenvalue weighted by molar-refractivity contribution is 0.281. The van der Waals surface area contributed by atoms with Crippen LogP contribution in [0.1, 0.15) is 30.2 Å². The molecule has 1 N–H and O–H groups in total. The first kappa shape index (κ1) is 14.0. The summed E-state index contributed by atoms with van der Waals surface area (Å²) < 4.78 is 26.6. The molecule has 1 saturated carbocycles. The second-order valence-electron chi connectivity index (χ2n) is 4.93. The zero-order chi connectivity index (χ0) is 13.5. The molecule has 1 unspecified atom stereocenters. The molecule has 0 saturated heterocycles. The zero-order valence-corrected chi connectivity index (χ0v) is 12.5. The van der Waals surface area contributed by atoms with E-state index in [9.17, 15) is 13.5 Å². The lowest BCUT2D eigenvalue weighted by Gasteiger charge is -2.24. The predicted octanol–water partition coefficient (Wildman–Crippen LogP) is 1.97. The number of hydrogen-bond donors (Lipinski definition) is 1. The Balaban J connectivity index is 2.37. The quantitative estimate of drug-likeness (QED) is 0.901. The number of aliphatic hydroxyl groups excluding tert-OH is 1. The van der Waals surface area contributed by atoms with Crippen LogP contribution in [-0.2, 0) is 16.6 Å². The molecule has 1 aromatic heterocycles. The Morgan fingerprint density at radius 1 is 1.56 bits per heavy atom. The van der Waals surface area contributed by atoms with Crippen molar-refractivity contribution in [3.8, 4) is 0 Å². The highest BCUT2D eigenvalue weighted by Gasteiger charge is 2.37. The maximum absolute atomic E-state index is 12.6. The summed E-state index contributed by atoms with van der Waals surface area (Å²) in [6, 6.07) is 0.0286. The monoisotopic (exact) mass is 289 g/mol. The van der Waals surface area contributed by atoms with Crippen LogP contribution < -0.4 is 0 Å². The number of thiophene rings is 1. The molecule has 0 amide bonds. The minimum atomic E-state index is -3.49. The van der Waals surface area contributed by atoms with Crippen molar-refractivity contribution < 1.29 is 13.5 Å². The highest BCUT2D eigenvalue weighted by Crippen LogP contribution is 2.38. The van der Waals surface area contributed by atoms with E-state index in [1.165, 1.54) is 15.6 Å². The fourth-order valence-electron chi connectivity index (χ4n) is 2.18. The highest BCUT2D eigenvalue weighted by molar-refractivity contribution is 7.89. The van der Waals surface area contributed by atoms with Gasteiger partial charge in [0.25, 0.3) is 0 Å². The van der Waals surface area contributed by atoms with E-state index in [1.807, 2.05) is 6.92 Å². The van der Waals surface area contributed by atoms with E-state index in [0.717, 1.165) is 18.4 Å². The number of aryl methyl sites for hydroxylation is 1. The maximum Gasteiger partial charge on any atom is 0.244 e. The Labute approximate surface area is 112 Å². The van der Waals surface area contributed by atoms with Gasteiger partial charge in [0.15, 0.2) is 0 Å². The van der Waals surface area contributed by atoms with Gasteiger partial charge in [-0.05, 0) is 43.6 Å². The Morgan fingerprint density at radius 2 is 2.17 bits per heavy atom. The Hall–Kier alpha value is -0.430. The summed E-state index contributed by atoms with van der Waals surface area (Å²) in [5.41, 5.74) is 0.721. The summed E-state index contributed by atoms with van der Waals surface area (Å²) in [6.07, 6.45) is 2.22. The van der Waals surface area contributed by atoms with Gasteiger partial charge in [0.2, 0.25) is 10.0 Å². The summed E-state index contributed by atoms with van der Waals surface area (Å²) in [5, 5.41) is 11.1. The van der Waals surface area contributed by atoms with E-state index in [1.54, 1.807) is 19.4 Å². The summed E-state index contributed by atoms with van der Waals surface area (Å²) in [6.45, 7) is 3.51. The summed E-state index contributed by atoms with van der Waals surface area (Å²) in [4.78, 5) is 0.826. The van der Waals surface area contributed by atoms with Crippen LogP contribution in [0.3, 0.4) is 0 Å². The number of rotatable bonds is 5. The molecule has 102 valence electrons. The molecule has 1 fully saturated rings. The first-order valence-electron chi connectivity index (χ1n) is 6.05.